The maximum Gasteiger partial charge on any atom is 0.233 e. The Kier molecular flexibility index (Phi) is 7.68. The Bertz CT molecular complexity index is 1220. The van der Waals surface area contributed by atoms with Gasteiger partial charge in [0.1, 0.15) is 0 Å². The van der Waals surface area contributed by atoms with Crippen LogP contribution >= 0.6 is 0 Å². The van der Waals surface area contributed by atoms with E-state index in [0.29, 0.717) is 24.0 Å². The molecule has 188 valence electrons. The van der Waals surface area contributed by atoms with Crippen LogP contribution in [0.3, 0.4) is 0 Å². The van der Waals surface area contributed by atoms with E-state index >= 15 is 0 Å². The van der Waals surface area contributed by atoms with Crippen molar-refractivity contribution in [1.29, 1.82) is 0 Å². The molecule has 7 heteroatoms. The molecule has 0 N–H and O–H groups in total. The average Bonchev–Trinajstić information content (AvgIpc) is 3.41. The highest BCUT2D eigenvalue weighted by atomic mass is 16.5. The van der Waals surface area contributed by atoms with Gasteiger partial charge in [-0.1, -0.05) is 25.5 Å². The van der Waals surface area contributed by atoms with Crippen LogP contribution in [-0.2, 0) is 17.6 Å². The lowest BCUT2D eigenvalue weighted by Crippen LogP contribution is -2.43. The highest BCUT2D eigenvalue weighted by Gasteiger charge is 2.24. The number of aromatic nitrogens is 4. The third-order valence-electron chi connectivity index (χ3n) is 7.23. The molecule has 0 spiro atoms. The Morgan fingerprint density at radius 2 is 1.89 bits per heavy atom. The number of Topliss-reactive ketones (excluding diaryl/α,β-unsaturated/α-hetero) is 1. The first-order valence-electron chi connectivity index (χ1n) is 13.1. The molecule has 3 aromatic rings. The topological polar surface area (TPSA) is 73.1 Å². The summed E-state index contributed by atoms with van der Waals surface area (Å²) < 4.78 is 7.30. The molecule has 1 fully saturated rings. The molecule has 1 aliphatic carbocycles. The number of allylic oxidation sites excluding steroid dienone is 1. The van der Waals surface area contributed by atoms with Gasteiger partial charge in [-0.25, -0.2) is 9.97 Å². The number of morpholine rings is 1. The molecule has 1 atom stereocenters. The Balaban J connectivity index is 1.21. The summed E-state index contributed by atoms with van der Waals surface area (Å²) >= 11 is 0. The minimum absolute atomic E-state index is 0.0653. The third kappa shape index (κ3) is 5.63. The molecule has 4 heterocycles. The van der Waals surface area contributed by atoms with Crippen molar-refractivity contribution in [2.75, 3.05) is 26.3 Å². The Hall–Kier alpha value is -3.16. The van der Waals surface area contributed by atoms with Gasteiger partial charge in [-0.2, -0.15) is 0 Å². The predicted octanol–water partition coefficient (Wildman–Crippen LogP) is 4.62. The predicted molar refractivity (Wildman–Crippen MR) is 140 cm³/mol. The molecule has 3 aromatic heterocycles. The van der Waals surface area contributed by atoms with Gasteiger partial charge < -0.3 is 4.74 Å². The number of hydrogen-bond donors (Lipinski definition) is 0. The Labute approximate surface area is 213 Å². The van der Waals surface area contributed by atoms with E-state index in [1.54, 1.807) is 4.57 Å². The highest BCUT2D eigenvalue weighted by molar-refractivity contribution is 5.97. The van der Waals surface area contributed by atoms with Crippen molar-refractivity contribution in [3.05, 3.63) is 77.1 Å². The second-order valence-electron chi connectivity index (χ2n) is 9.86. The number of ether oxygens (including phenoxy) is 1. The number of ketones is 1. The highest BCUT2D eigenvalue weighted by Crippen LogP contribution is 2.30. The van der Waals surface area contributed by atoms with Crippen LogP contribution in [0.15, 0.2) is 49.2 Å². The number of carbonyl (C=O) groups is 1. The largest absolute Gasteiger partial charge is 0.379 e. The van der Waals surface area contributed by atoms with Crippen molar-refractivity contribution in [2.24, 2.45) is 0 Å². The van der Waals surface area contributed by atoms with Gasteiger partial charge in [0.05, 0.1) is 18.9 Å². The molecule has 7 nitrogen and oxygen atoms in total. The van der Waals surface area contributed by atoms with Gasteiger partial charge >= 0.3 is 0 Å². The molecule has 0 amide bonds. The maximum absolute atomic E-state index is 13.0. The summed E-state index contributed by atoms with van der Waals surface area (Å²) in [4.78, 5) is 29.2. The lowest BCUT2D eigenvalue weighted by atomic mass is 9.90. The normalized spacial score (nSPS) is 18.7. The van der Waals surface area contributed by atoms with Crippen LogP contribution in [-0.4, -0.2) is 62.5 Å². The van der Waals surface area contributed by atoms with E-state index in [1.165, 1.54) is 5.57 Å². The van der Waals surface area contributed by atoms with Gasteiger partial charge in [0.25, 0.3) is 0 Å². The summed E-state index contributed by atoms with van der Waals surface area (Å²) in [6, 6.07) is 4.56. The monoisotopic (exact) mass is 485 g/mol. The fraction of sp³-hybridized carbons (Fsp3) is 0.448. The number of rotatable bonds is 8. The summed E-state index contributed by atoms with van der Waals surface area (Å²) in [6.07, 6.45) is 17.2. The zero-order valence-electron chi connectivity index (χ0n) is 21.3. The van der Waals surface area contributed by atoms with Crippen LogP contribution in [0.25, 0.3) is 11.5 Å². The van der Waals surface area contributed by atoms with Crippen LogP contribution in [0.2, 0.25) is 0 Å². The number of hydrogen-bond acceptors (Lipinski definition) is 6. The molecular formula is C29H35N5O2. The molecule has 5 rings (SSSR count). The molecule has 0 saturated carbocycles. The summed E-state index contributed by atoms with van der Waals surface area (Å²) in [5.41, 5.74) is 6.25. The molecule has 1 aliphatic heterocycles. The Morgan fingerprint density at radius 3 is 2.58 bits per heavy atom. The van der Waals surface area contributed by atoms with Gasteiger partial charge in [-0.15, -0.1) is 0 Å². The lowest BCUT2D eigenvalue weighted by molar-refractivity contribution is 0.0150. The van der Waals surface area contributed by atoms with Gasteiger partial charge in [-0.3, -0.25) is 19.2 Å². The van der Waals surface area contributed by atoms with Crippen molar-refractivity contribution in [2.45, 2.75) is 58.4 Å². The van der Waals surface area contributed by atoms with Crippen molar-refractivity contribution >= 4 is 11.4 Å². The van der Waals surface area contributed by atoms with Crippen LogP contribution in [0.5, 0.6) is 0 Å². The van der Waals surface area contributed by atoms with Gasteiger partial charge in [0.2, 0.25) is 5.95 Å². The van der Waals surface area contributed by atoms with Crippen molar-refractivity contribution < 1.29 is 9.53 Å². The van der Waals surface area contributed by atoms with Crippen LogP contribution in [0.4, 0.5) is 0 Å². The summed E-state index contributed by atoms with van der Waals surface area (Å²) in [5.74, 6) is 0.642. The molecule has 1 unspecified atom stereocenters. The van der Waals surface area contributed by atoms with E-state index in [4.69, 9.17) is 9.72 Å². The SMILES string of the molecule is CCCc1cnc(-n2ccc(C(=O)Cc3cnc(C4=CCC(N5CCOCC5)CC4)c(C)c3)c2)nc1. The molecular weight excluding hydrogens is 450 g/mol. The molecule has 0 aromatic carbocycles. The zero-order chi connectivity index (χ0) is 24.9. The summed E-state index contributed by atoms with van der Waals surface area (Å²) in [6.45, 7) is 8.00. The van der Waals surface area contributed by atoms with Crippen LogP contribution < -0.4 is 0 Å². The quantitative estimate of drug-likeness (QED) is 0.434. The summed E-state index contributed by atoms with van der Waals surface area (Å²) in [5, 5.41) is 0. The van der Waals surface area contributed by atoms with Gasteiger partial charge in [0.15, 0.2) is 5.78 Å². The first kappa shape index (κ1) is 24.5. The lowest BCUT2D eigenvalue weighted by Gasteiger charge is -2.36. The zero-order valence-corrected chi connectivity index (χ0v) is 21.3. The first-order chi connectivity index (χ1) is 17.6. The molecule has 0 radical (unpaired) electrons. The van der Waals surface area contributed by atoms with E-state index in [1.807, 2.05) is 37.1 Å². The number of carbonyl (C=O) groups excluding carboxylic acids is 1. The van der Waals surface area contributed by atoms with Crippen molar-refractivity contribution in [3.63, 3.8) is 0 Å². The molecule has 0 bridgehead atoms. The smallest absolute Gasteiger partial charge is 0.233 e. The fourth-order valence-corrected chi connectivity index (χ4v) is 5.25. The van der Waals surface area contributed by atoms with E-state index in [9.17, 15) is 4.79 Å². The van der Waals surface area contributed by atoms with Crippen LogP contribution in [0.1, 0.15) is 65.3 Å². The first-order valence-corrected chi connectivity index (χ1v) is 13.1. The second kappa shape index (κ2) is 11.3. The average molecular weight is 486 g/mol. The fourth-order valence-electron chi connectivity index (χ4n) is 5.25. The summed E-state index contributed by atoms with van der Waals surface area (Å²) in [7, 11) is 0. The van der Waals surface area contributed by atoms with E-state index in [2.05, 4.69) is 40.9 Å². The Morgan fingerprint density at radius 1 is 1.11 bits per heavy atom. The number of aryl methyl sites for hydroxylation is 2. The molecule has 36 heavy (non-hydrogen) atoms. The van der Waals surface area contributed by atoms with Gasteiger partial charge in [0, 0.05) is 62.1 Å². The van der Waals surface area contributed by atoms with Crippen molar-refractivity contribution in [3.8, 4) is 5.95 Å². The van der Waals surface area contributed by atoms with E-state index in [0.717, 1.165) is 80.8 Å². The van der Waals surface area contributed by atoms with Crippen LogP contribution in [0, 0.1) is 6.92 Å². The third-order valence-corrected chi connectivity index (χ3v) is 7.23. The molecule has 2 aliphatic rings. The molecule has 1 saturated heterocycles. The van der Waals surface area contributed by atoms with E-state index < -0.39 is 0 Å². The minimum Gasteiger partial charge on any atom is -0.379 e. The minimum atomic E-state index is 0.0653. The van der Waals surface area contributed by atoms with E-state index in [-0.39, 0.29) is 5.78 Å². The standard InChI is InChI=1S/C29H35N5O2/c1-3-4-22-17-31-29(32-18-22)34-10-9-25(20-34)27(35)16-23-15-21(2)28(30-19-23)24-5-7-26(8-6-24)33-11-13-36-14-12-33/h5,9-10,15,17-20,26H,3-4,6-8,11-14,16H2,1-2H3. The maximum atomic E-state index is 13.0. The van der Waals surface area contributed by atoms with Crippen molar-refractivity contribution in [1.82, 2.24) is 24.4 Å². The number of nitrogens with zero attached hydrogens (tertiary/aromatic N) is 5. The van der Waals surface area contributed by atoms with Gasteiger partial charge in [-0.05, 0) is 60.9 Å². The second-order valence-corrected chi connectivity index (χ2v) is 9.86. The number of pyridine rings is 1.